The molecule has 0 unspecified atom stereocenters. The summed E-state index contributed by atoms with van der Waals surface area (Å²) in [5.74, 6) is 1.90. The van der Waals surface area contributed by atoms with Gasteiger partial charge in [0.1, 0.15) is 17.5 Å². The first-order valence-corrected chi connectivity index (χ1v) is 8.12. The highest BCUT2D eigenvalue weighted by atomic mass is 16.5. The third-order valence-electron chi connectivity index (χ3n) is 3.98. The molecule has 0 atom stereocenters. The Hall–Kier alpha value is -2.40. The number of nitrogens with zero attached hydrogens (tertiary/aromatic N) is 3. The Morgan fingerprint density at radius 3 is 2.75 bits per heavy atom. The van der Waals surface area contributed by atoms with Crippen molar-refractivity contribution in [2.45, 2.75) is 32.9 Å². The first kappa shape index (κ1) is 16.5. The van der Waals surface area contributed by atoms with Crippen molar-refractivity contribution in [3.8, 4) is 5.75 Å². The van der Waals surface area contributed by atoms with Crippen molar-refractivity contribution in [3.63, 3.8) is 0 Å². The Balaban J connectivity index is 1.79. The van der Waals surface area contributed by atoms with Crippen LogP contribution in [-0.2, 0) is 13.1 Å². The van der Waals surface area contributed by atoms with E-state index < -0.39 is 0 Å². The zero-order valence-electron chi connectivity index (χ0n) is 14.6. The number of hydrogen-bond donors (Lipinski definition) is 0. The van der Waals surface area contributed by atoms with E-state index in [-0.39, 0.29) is 0 Å². The van der Waals surface area contributed by atoms with Crippen LogP contribution >= 0.6 is 0 Å². The van der Waals surface area contributed by atoms with Crippen molar-refractivity contribution < 1.29 is 9.15 Å². The molecule has 5 heteroatoms. The monoisotopic (exact) mass is 325 g/mol. The summed E-state index contributed by atoms with van der Waals surface area (Å²) in [5, 5.41) is 1.12. The molecule has 126 valence electrons. The van der Waals surface area contributed by atoms with Gasteiger partial charge in [-0.05, 0) is 24.7 Å². The van der Waals surface area contributed by atoms with E-state index in [0.717, 1.165) is 41.3 Å². The van der Waals surface area contributed by atoms with Crippen molar-refractivity contribution in [1.82, 2.24) is 14.9 Å². The largest absolute Gasteiger partial charge is 0.494 e. The van der Waals surface area contributed by atoms with Crippen LogP contribution in [-0.4, -0.2) is 29.0 Å². The molecule has 24 heavy (non-hydrogen) atoms. The van der Waals surface area contributed by atoms with Crippen LogP contribution in [0.5, 0.6) is 5.75 Å². The van der Waals surface area contributed by atoms with Crippen LogP contribution in [0.2, 0.25) is 0 Å². The van der Waals surface area contributed by atoms with Crippen LogP contribution in [0.1, 0.15) is 36.9 Å². The Morgan fingerprint density at radius 1 is 1.21 bits per heavy atom. The maximum Gasteiger partial charge on any atom is 0.196 e. The SMILES string of the molecule is COc1ccc(CN(C)Cc2coc(C(C)C)n2)c2cccnc12. The lowest BCUT2D eigenvalue weighted by atomic mass is 10.1. The molecule has 5 nitrogen and oxygen atoms in total. The van der Waals surface area contributed by atoms with Crippen molar-refractivity contribution in [3.05, 3.63) is 53.9 Å². The van der Waals surface area contributed by atoms with E-state index in [2.05, 4.69) is 47.9 Å². The maximum atomic E-state index is 5.51. The topological polar surface area (TPSA) is 51.4 Å². The first-order chi connectivity index (χ1) is 11.6. The predicted octanol–water partition coefficient (Wildman–Crippen LogP) is 3.99. The summed E-state index contributed by atoms with van der Waals surface area (Å²) in [6.07, 6.45) is 3.54. The molecule has 0 bridgehead atoms. The van der Waals surface area contributed by atoms with E-state index in [1.807, 2.05) is 12.1 Å². The molecule has 0 saturated heterocycles. The fourth-order valence-corrected chi connectivity index (χ4v) is 2.79. The van der Waals surface area contributed by atoms with Gasteiger partial charge in [0, 0.05) is 30.6 Å². The lowest BCUT2D eigenvalue weighted by Crippen LogP contribution is -2.17. The molecule has 0 aliphatic heterocycles. The fourth-order valence-electron chi connectivity index (χ4n) is 2.79. The van der Waals surface area contributed by atoms with E-state index in [4.69, 9.17) is 9.15 Å². The standard InChI is InChI=1S/C19H23N3O2/c1-13(2)19-21-15(12-24-19)11-22(3)10-14-7-8-17(23-4)18-16(14)6-5-9-20-18/h5-9,12-13H,10-11H2,1-4H3. The molecule has 3 rings (SSSR count). The number of fused-ring (bicyclic) bond motifs is 1. The molecule has 0 amide bonds. The minimum absolute atomic E-state index is 0.306. The van der Waals surface area contributed by atoms with E-state index in [0.29, 0.717) is 5.92 Å². The molecule has 0 saturated carbocycles. The zero-order valence-corrected chi connectivity index (χ0v) is 14.6. The van der Waals surface area contributed by atoms with Crippen LogP contribution in [0.15, 0.2) is 41.1 Å². The van der Waals surface area contributed by atoms with Gasteiger partial charge in [-0.2, -0.15) is 0 Å². The number of aromatic nitrogens is 2. The van der Waals surface area contributed by atoms with Gasteiger partial charge >= 0.3 is 0 Å². The molecule has 0 radical (unpaired) electrons. The summed E-state index contributed by atoms with van der Waals surface area (Å²) in [6, 6.07) is 8.12. The Labute approximate surface area is 142 Å². The third kappa shape index (κ3) is 3.41. The third-order valence-corrected chi connectivity index (χ3v) is 3.98. The molecule has 3 aromatic rings. The molecule has 0 spiro atoms. The summed E-state index contributed by atoms with van der Waals surface area (Å²) < 4.78 is 10.9. The highest BCUT2D eigenvalue weighted by molar-refractivity contribution is 5.87. The molecule has 2 aromatic heterocycles. The Morgan fingerprint density at radius 2 is 2.04 bits per heavy atom. The molecule has 0 N–H and O–H groups in total. The van der Waals surface area contributed by atoms with Gasteiger partial charge < -0.3 is 9.15 Å². The molecule has 1 aromatic carbocycles. The molecular weight excluding hydrogens is 302 g/mol. The first-order valence-electron chi connectivity index (χ1n) is 8.12. The summed E-state index contributed by atoms with van der Waals surface area (Å²) in [5.41, 5.74) is 3.07. The highest BCUT2D eigenvalue weighted by Gasteiger charge is 2.12. The smallest absolute Gasteiger partial charge is 0.196 e. The molecule has 0 aliphatic rings. The average molecular weight is 325 g/mol. The quantitative estimate of drug-likeness (QED) is 0.686. The summed E-state index contributed by atoms with van der Waals surface area (Å²) in [6.45, 7) is 5.70. The van der Waals surface area contributed by atoms with Gasteiger partial charge in [0.05, 0.1) is 12.8 Å². The number of oxazole rings is 1. The number of hydrogen-bond acceptors (Lipinski definition) is 5. The number of rotatable bonds is 6. The van der Waals surface area contributed by atoms with Gasteiger partial charge in [-0.25, -0.2) is 4.98 Å². The number of benzene rings is 1. The minimum atomic E-state index is 0.306. The number of methoxy groups -OCH3 is 1. The van der Waals surface area contributed by atoms with E-state index >= 15 is 0 Å². The van der Waals surface area contributed by atoms with Gasteiger partial charge in [-0.15, -0.1) is 0 Å². The van der Waals surface area contributed by atoms with Gasteiger partial charge in [0.15, 0.2) is 5.89 Å². The molecule has 2 heterocycles. The molecular formula is C19H23N3O2. The lowest BCUT2D eigenvalue weighted by molar-refractivity contribution is 0.315. The lowest BCUT2D eigenvalue weighted by Gasteiger charge is -2.17. The van der Waals surface area contributed by atoms with E-state index in [9.17, 15) is 0 Å². The summed E-state index contributed by atoms with van der Waals surface area (Å²) in [7, 11) is 3.75. The summed E-state index contributed by atoms with van der Waals surface area (Å²) in [4.78, 5) is 11.2. The normalized spacial score (nSPS) is 11.6. The van der Waals surface area contributed by atoms with Gasteiger partial charge in [0.2, 0.25) is 0 Å². The summed E-state index contributed by atoms with van der Waals surface area (Å²) >= 11 is 0. The van der Waals surface area contributed by atoms with Crippen molar-refractivity contribution >= 4 is 10.9 Å². The highest BCUT2D eigenvalue weighted by Crippen LogP contribution is 2.27. The fraction of sp³-hybridized carbons (Fsp3) is 0.368. The molecule has 0 fully saturated rings. The second-order valence-corrected chi connectivity index (χ2v) is 6.33. The van der Waals surface area contributed by atoms with Crippen LogP contribution in [0.4, 0.5) is 0 Å². The Kier molecular flexibility index (Phi) is 4.81. The van der Waals surface area contributed by atoms with Gasteiger partial charge in [-0.3, -0.25) is 9.88 Å². The van der Waals surface area contributed by atoms with Crippen LogP contribution in [0, 0.1) is 0 Å². The minimum Gasteiger partial charge on any atom is -0.494 e. The van der Waals surface area contributed by atoms with Gasteiger partial charge in [-0.1, -0.05) is 26.0 Å². The van der Waals surface area contributed by atoms with Crippen LogP contribution in [0.3, 0.4) is 0 Å². The maximum absolute atomic E-state index is 5.51. The van der Waals surface area contributed by atoms with E-state index in [1.165, 1.54) is 5.56 Å². The number of pyridine rings is 1. The van der Waals surface area contributed by atoms with Crippen molar-refractivity contribution in [2.75, 3.05) is 14.2 Å². The van der Waals surface area contributed by atoms with Gasteiger partial charge in [0.25, 0.3) is 0 Å². The zero-order chi connectivity index (χ0) is 17.1. The molecule has 0 aliphatic carbocycles. The Bertz CT molecular complexity index is 826. The predicted molar refractivity (Wildman–Crippen MR) is 94.1 cm³/mol. The second kappa shape index (κ2) is 7.01. The van der Waals surface area contributed by atoms with Crippen molar-refractivity contribution in [2.24, 2.45) is 0 Å². The van der Waals surface area contributed by atoms with Crippen molar-refractivity contribution in [1.29, 1.82) is 0 Å². The average Bonchev–Trinajstić information content (AvgIpc) is 3.04. The second-order valence-electron chi connectivity index (χ2n) is 6.33. The van der Waals surface area contributed by atoms with E-state index in [1.54, 1.807) is 19.6 Å². The van der Waals surface area contributed by atoms with Crippen LogP contribution < -0.4 is 4.74 Å². The number of ether oxygens (including phenoxy) is 1. The van der Waals surface area contributed by atoms with Crippen LogP contribution in [0.25, 0.3) is 10.9 Å².